The van der Waals surface area contributed by atoms with E-state index in [-0.39, 0.29) is 0 Å². The van der Waals surface area contributed by atoms with Crippen LogP contribution in [0.2, 0.25) is 0 Å². The van der Waals surface area contributed by atoms with E-state index < -0.39 is 0 Å². The largest absolute Gasteiger partial charge is 0.356 e. The molecule has 2 aromatic rings. The second-order valence-corrected chi connectivity index (χ2v) is 5.50. The van der Waals surface area contributed by atoms with Gasteiger partial charge in [0.25, 0.3) is 0 Å². The van der Waals surface area contributed by atoms with Gasteiger partial charge in [0.2, 0.25) is 5.95 Å². The number of aromatic nitrogens is 2. The summed E-state index contributed by atoms with van der Waals surface area (Å²) in [6.07, 6.45) is 3.20. The number of aryl methyl sites for hydroxylation is 2. The van der Waals surface area contributed by atoms with Gasteiger partial charge in [-0.05, 0) is 39.4 Å². The Hall–Kier alpha value is -1.81. The highest BCUT2D eigenvalue weighted by Crippen LogP contribution is 2.08. The molecule has 21 heavy (non-hydrogen) atoms. The van der Waals surface area contributed by atoms with Crippen molar-refractivity contribution in [2.75, 3.05) is 25.5 Å². The number of hydrogen-bond donors (Lipinski definition) is 1. The highest BCUT2D eigenvalue weighted by Gasteiger charge is 2.04. The van der Waals surface area contributed by atoms with Gasteiger partial charge in [-0.15, -0.1) is 0 Å². The van der Waals surface area contributed by atoms with E-state index in [1.165, 1.54) is 5.56 Å². The fraction of sp³-hybridized carbons (Fsp3) is 0.471. The highest BCUT2D eigenvalue weighted by molar-refractivity contribution is 5.28. The lowest BCUT2D eigenvalue weighted by Gasteiger charge is -2.17. The van der Waals surface area contributed by atoms with Gasteiger partial charge in [0.1, 0.15) is 0 Å². The first kappa shape index (κ1) is 15.6. The summed E-state index contributed by atoms with van der Waals surface area (Å²) in [6.45, 7) is 8.16. The van der Waals surface area contributed by atoms with Gasteiger partial charge in [0.15, 0.2) is 0 Å². The van der Waals surface area contributed by atoms with Crippen LogP contribution in [0.3, 0.4) is 0 Å². The second-order valence-electron chi connectivity index (χ2n) is 5.50. The predicted molar refractivity (Wildman–Crippen MR) is 88.5 cm³/mol. The molecule has 114 valence electrons. The third-order valence-electron chi connectivity index (χ3n) is 3.53. The monoisotopic (exact) mass is 286 g/mol. The van der Waals surface area contributed by atoms with Crippen LogP contribution in [-0.4, -0.2) is 34.6 Å². The first-order valence-corrected chi connectivity index (χ1v) is 7.69. The molecule has 0 aliphatic carbocycles. The number of rotatable bonds is 8. The van der Waals surface area contributed by atoms with Gasteiger partial charge in [-0.3, -0.25) is 0 Å². The van der Waals surface area contributed by atoms with E-state index >= 15 is 0 Å². The van der Waals surface area contributed by atoms with Crippen molar-refractivity contribution in [2.45, 2.75) is 33.4 Å². The molecule has 0 unspecified atom stereocenters. The van der Waals surface area contributed by atoms with Crippen LogP contribution in [0.25, 0.3) is 0 Å². The Kier molecular flexibility index (Phi) is 5.81. The molecule has 1 aromatic carbocycles. The lowest BCUT2D eigenvalue weighted by Crippen LogP contribution is -2.21. The molecule has 4 nitrogen and oxygen atoms in total. The molecule has 2 rings (SSSR count). The lowest BCUT2D eigenvalue weighted by atomic mass is 10.2. The molecule has 4 heteroatoms. The topological polar surface area (TPSA) is 33.1 Å². The van der Waals surface area contributed by atoms with Crippen LogP contribution in [0, 0.1) is 6.92 Å². The normalized spacial score (nSPS) is 11.0. The Labute approximate surface area is 127 Å². The fourth-order valence-electron chi connectivity index (χ4n) is 2.45. The number of nitrogens with zero attached hydrogens (tertiary/aromatic N) is 3. The number of benzene rings is 1. The molecule has 0 amide bonds. The van der Waals surface area contributed by atoms with Crippen molar-refractivity contribution < 1.29 is 0 Å². The molecule has 0 spiro atoms. The molecule has 1 N–H and O–H groups in total. The van der Waals surface area contributed by atoms with Crippen LogP contribution in [0.5, 0.6) is 0 Å². The lowest BCUT2D eigenvalue weighted by molar-refractivity contribution is 0.325. The SMILES string of the molecule is CCn1cc(C)nc1NCCCN(C)Cc1ccccc1. The molecule has 0 bridgehead atoms. The average Bonchev–Trinajstić information content (AvgIpc) is 2.85. The van der Waals surface area contributed by atoms with Gasteiger partial charge in [-0.2, -0.15) is 0 Å². The van der Waals surface area contributed by atoms with Gasteiger partial charge in [0.05, 0.1) is 5.69 Å². The van der Waals surface area contributed by atoms with Crippen LogP contribution < -0.4 is 5.32 Å². The van der Waals surface area contributed by atoms with Crippen LogP contribution >= 0.6 is 0 Å². The summed E-state index contributed by atoms with van der Waals surface area (Å²) < 4.78 is 2.16. The summed E-state index contributed by atoms with van der Waals surface area (Å²) in [4.78, 5) is 6.86. The van der Waals surface area contributed by atoms with E-state index in [0.717, 1.165) is 44.2 Å². The van der Waals surface area contributed by atoms with Crippen molar-refractivity contribution in [2.24, 2.45) is 0 Å². The highest BCUT2D eigenvalue weighted by atomic mass is 15.2. The van der Waals surface area contributed by atoms with Crippen LogP contribution in [0.4, 0.5) is 5.95 Å². The molecule has 0 radical (unpaired) electrons. The molecule has 0 saturated heterocycles. The van der Waals surface area contributed by atoms with Gasteiger partial charge >= 0.3 is 0 Å². The first-order valence-electron chi connectivity index (χ1n) is 7.69. The van der Waals surface area contributed by atoms with Crippen molar-refractivity contribution >= 4 is 5.95 Å². The summed E-state index contributed by atoms with van der Waals surface area (Å²) in [6, 6.07) is 10.6. The quantitative estimate of drug-likeness (QED) is 0.757. The van der Waals surface area contributed by atoms with Gasteiger partial charge in [-0.25, -0.2) is 4.98 Å². The van der Waals surface area contributed by atoms with Crippen molar-refractivity contribution in [3.8, 4) is 0 Å². The standard InChI is InChI=1S/C17H26N4/c1-4-21-13-15(2)19-17(21)18-11-8-12-20(3)14-16-9-6-5-7-10-16/h5-7,9-10,13H,4,8,11-12,14H2,1-3H3,(H,18,19). The molecule has 0 fully saturated rings. The number of hydrogen-bond acceptors (Lipinski definition) is 3. The Morgan fingerprint density at radius 3 is 2.71 bits per heavy atom. The zero-order valence-electron chi connectivity index (χ0n) is 13.3. The average molecular weight is 286 g/mol. The smallest absolute Gasteiger partial charge is 0.203 e. The molecule has 1 aromatic heterocycles. The second kappa shape index (κ2) is 7.84. The molecular weight excluding hydrogens is 260 g/mol. The van der Waals surface area contributed by atoms with Gasteiger partial charge in [0, 0.05) is 25.8 Å². The summed E-state index contributed by atoms with van der Waals surface area (Å²) in [5.41, 5.74) is 2.44. The maximum Gasteiger partial charge on any atom is 0.203 e. The minimum absolute atomic E-state index is 0.954. The zero-order chi connectivity index (χ0) is 15.1. The Morgan fingerprint density at radius 1 is 1.24 bits per heavy atom. The van der Waals surface area contributed by atoms with E-state index in [9.17, 15) is 0 Å². The van der Waals surface area contributed by atoms with Gasteiger partial charge < -0.3 is 14.8 Å². The summed E-state index contributed by atoms with van der Waals surface area (Å²) in [7, 11) is 2.17. The van der Waals surface area contributed by atoms with Crippen molar-refractivity contribution in [3.05, 3.63) is 47.8 Å². The molecular formula is C17H26N4. The zero-order valence-corrected chi connectivity index (χ0v) is 13.3. The minimum Gasteiger partial charge on any atom is -0.356 e. The molecule has 1 heterocycles. The minimum atomic E-state index is 0.954. The van der Waals surface area contributed by atoms with E-state index in [1.807, 2.05) is 6.92 Å². The number of nitrogens with one attached hydrogen (secondary N) is 1. The van der Waals surface area contributed by atoms with E-state index in [1.54, 1.807) is 0 Å². The predicted octanol–water partition coefficient (Wildman–Crippen LogP) is 3.15. The fourth-order valence-corrected chi connectivity index (χ4v) is 2.45. The Balaban J connectivity index is 1.69. The number of anilines is 1. The molecule has 0 saturated carbocycles. The van der Waals surface area contributed by atoms with Crippen LogP contribution in [0.1, 0.15) is 24.6 Å². The summed E-state index contributed by atoms with van der Waals surface area (Å²) in [5.74, 6) is 0.987. The van der Waals surface area contributed by atoms with Crippen molar-refractivity contribution in [1.82, 2.24) is 14.5 Å². The Bertz CT molecular complexity index is 533. The first-order chi connectivity index (χ1) is 10.2. The van der Waals surface area contributed by atoms with E-state index in [0.29, 0.717) is 0 Å². The van der Waals surface area contributed by atoms with E-state index in [2.05, 4.69) is 70.3 Å². The van der Waals surface area contributed by atoms with E-state index in [4.69, 9.17) is 0 Å². The van der Waals surface area contributed by atoms with Crippen molar-refractivity contribution in [1.29, 1.82) is 0 Å². The van der Waals surface area contributed by atoms with Crippen LogP contribution in [0.15, 0.2) is 36.5 Å². The summed E-state index contributed by atoms with van der Waals surface area (Å²) >= 11 is 0. The maximum absolute atomic E-state index is 4.50. The maximum atomic E-state index is 4.50. The van der Waals surface area contributed by atoms with Gasteiger partial charge in [-0.1, -0.05) is 30.3 Å². The third kappa shape index (κ3) is 4.90. The Morgan fingerprint density at radius 2 is 2.00 bits per heavy atom. The van der Waals surface area contributed by atoms with Crippen molar-refractivity contribution in [3.63, 3.8) is 0 Å². The third-order valence-corrected chi connectivity index (χ3v) is 3.53. The molecule has 0 aliphatic heterocycles. The summed E-state index contributed by atoms with van der Waals surface area (Å²) in [5, 5.41) is 3.43. The molecule has 0 atom stereocenters. The van der Waals surface area contributed by atoms with Crippen LogP contribution in [-0.2, 0) is 13.1 Å². The number of imidazole rings is 1. The molecule has 0 aliphatic rings.